The molecule has 2 atom stereocenters. The highest BCUT2D eigenvalue weighted by atomic mass is 32.2. The van der Waals surface area contributed by atoms with Gasteiger partial charge < -0.3 is 15.7 Å². The lowest BCUT2D eigenvalue weighted by molar-refractivity contribution is -0.141. The molecular weight excluding hydrogens is 347 g/mol. The predicted molar refractivity (Wildman–Crippen MR) is 95.9 cm³/mol. The van der Waals surface area contributed by atoms with Gasteiger partial charge in [-0.1, -0.05) is 12.2 Å². The van der Waals surface area contributed by atoms with Crippen molar-refractivity contribution in [3.05, 3.63) is 42.2 Å². The summed E-state index contributed by atoms with van der Waals surface area (Å²) >= 11 is 1.08. The molecular formula is C17H21FN2O4S. The summed E-state index contributed by atoms with van der Waals surface area (Å²) in [5, 5.41) is 13.5. The largest absolute Gasteiger partial charge is 0.480 e. The van der Waals surface area contributed by atoms with E-state index in [0.717, 1.165) is 11.8 Å². The van der Waals surface area contributed by atoms with Gasteiger partial charge in [-0.25, -0.2) is 9.18 Å². The number of halogens is 1. The molecule has 6 nitrogen and oxygen atoms in total. The van der Waals surface area contributed by atoms with Crippen molar-refractivity contribution in [3.63, 3.8) is 0 Å². The first-order chi connectivity index (χ1) is 11.8. The molecule has 0 bridgehead atoms. The number of hydrogen-bond donors (Lipinski definition) is 3. The third-order valence-corrected chi connectivity index (χ3v) is 4.33. The maximum atomic E-state index is 12.8. The molecule has 0 aliphatic rings. The Kier molecular flexibility index (Phi) is 8.69. The number of hydrogen-bond acceptors (Lipinski definition) is 4. The number of nitrogens with one attached hydrogen (secondary N) is 2. The fourth-order valence-corrected chi connectivity index (χ4v) is 2.48. The zero-order chi connectivity index (χ0) is 18.8. The van der Waals surface area contributed by atoms with E-state index in [1.807, 2.05) is 0 Å². The van der Waals surface area contributed by atoms with E-state index >= 15 is 0 Å². The lowest BCUT2D eigenvalue weighted by Gasteiger charge is -2.16. The van der Waals surface area contributed by atoms with Crippen LogP contribution < -0.4 is 10.6 Å². The average molecular weight is 368 g/mol. The van der Waals surface area contributed by atoms with Crippen LogP contribution in [0, 0.1) is 5.82 Å². The van der Waals surface area contributed by atoms with Crippen LogP contribution in [0.25, 0.3) is 0 Å². The molecule has 1 aromatic rings. The Morgan fingerprint density at radius 2 is 1.92 bits per heavy atom. The molecule has 0 aliphatic heterocycles. The van der Waals surface area contributed by atoms with E-state index in [4.69, 9.17) is 5.11 Å². The average Bonchev–Trinajstić information content (AvgIpc) is 2.58. The van der Waals surface area contributed by atoms with Gasteiger partial charge in [0.1, 0.15) is 11.9 Å². The van der Waals surface area contributed by atoms with Gasteiger partial charge in [-0.15, -0.1) is 11.8 Å². The Morgan fingerprint density at radius 1 is 1.28 bits per heavy atom. The summed E-state index contributed by atoms with van der Waals surface area (Å²) in [6, 6.07) is 4.34. The number of amides is 2. The number of rotatable bonds is 9. The van der Waals surface area contributed by atoms with Crippen molar-refractivity contribution >= 4 is 35.2 Å². The van der Waals surface area contributed by atoms with E-state index in [9.17, 15) is 18.8 Å². The fraction of sp³-hybridized carbons (Fsp3) is 0.353. The number of anilines is 1. The second kappa shape index (κ2) is 10.5. The summed E-state index contributed by atoms with van der Waals surface area (Å²) in [6.45, 7) is 3.36. The van der Waals surface area contributed by atoms with Crippen LogP contribution in [-0.2, 0) is 14.4 Å². The Hall–Kier alpha value is -2.35. The van der Waals surface area contributed by atoms with E-state index < -0.39 is 29.0 Å². The maximum Gasteiger partial charge on any atom is 0.326 e. The molecule has 0 aromatic heterocycles. The Labute approximate surface area is 149 Å². The summed E-state index contributed by atoms with van der Waals surface area (Å²) in [5.41, 5.74) is 0.460. The highest BCUT2D eigenvalue weighted by molar-refractivity contribution is 8.01. The monoisotopic (exact) mass is 368 g/mol. The number of allylic oxidation sites excluding steroid dienone is 1. The van der Waals surface area contributed by atoms with Gasteiger partial charge in [0.05, 0.1) is 11.0 Å². The molecule has 2 unspecified atom stereocenters. The van der Waals surface area contributed by atoms with E-state index in [1.54, 1.807) is 26.0 Å². The number of carbonyl (C=O) groups is 3. The zero-order valence-corrected chi connectivity index (χ0v) is 14.8. The van der Waals surface area contributed by atoms with Gasteiger partial charge in [0.25, 0.3) is 0 Å². The number of benzene rings is 1. The van der Waals surface area contributed by atoms with Gasteiger partial charge in [-0.2, -0.15) is 0 Å². The molecule has 0 radical (unpaired) electrons. The van der Waals surface area contributed by atoms with Crippen molar-refractivity contribution in [1.82, 2.24) is 5.32 Å². The maximum absolute atomic E-state index is 12.8. The minimum atomic E-state index is -1.11. The minimum Gasteiger partial charge on any atom is -0.480 e. The molecule has 0 aliphatic carbocycles. The molecule has 3 N–H and O–H groups in total. The Balaban J connectivity index is 2.44. The summed E-state index contributed by atoms with van der Waals surface area (Å²) in [4.78, 5) is 35.0. The molecule has 0 fully saturated rings. The summed E-state index contributed by atoms with van der Waals surface area (Å²) in [5.74, 6) is -2.28. The SMILES string of the molecule is C/C=C/CC(NC(=O)C(C)SCC(=O)Nc1ccc(F)cc1)C(=O)O. The summed E-state index contributed by atoms with van der Waals surface area (Å²) in [7, 11) is 0. The molecule has 0 saturated carbocycles. The van der Waals surface area contributed by atoms with Crippen LogP contribution in [-0.4, -0.2) is 39.9 Å². The van der Waals surface area contributed by atoms with Gasteiger partial charge in [-0.05, 0) is 44.5 Å². The van der Waals surface area contributed by atoms with Crippen molar-refractivity contribution in [1.29, 1.82) is 0 Å². The van der Waals surface area contributed by atoms with E-state index in [2.05, 4.69) is 10.6 Å². The van der Waals surface area contributed by atoms with Crippen LogP contribution >= 0.6 is 11.8 Å². The molecule has 1 rings (SSSR count). The first-order valence-corrected chi connectivity index (χ1v) is 8.69. The lowest BCUT2D eigenvalue weighted by atomic mass is 10.2. The highest BCUT2D eigenvalue weighted by Gasteiger charge is 2.22. The van der Waals surface area contributed by atoms with Gasteiger partial charge in [0.2, 0.25) is 11.8 Å². The van der Waals surface area contributed by atoms with E-state index in [1.165, 1.54) is 24.3 Å². The molecule has 0 saturated heterocycles. The second-order valence-electron chi connectivity index (χ2n) is 5.21. The molecule has 8 heteroatoms. The summed E-state index contributed by atoms with van der Waals surface area (Å²) < 4.78 is 12.8. The van der Waals surface area contributed by atoms with Crippen molar-refractivity contribution in [2.24, 2.45) is 0 Å². The van der Waals surface area contributed by atoms with E-state index in [0.29, 0.717) is 5.69 Å². The van der Waals surface area contributed by atoms with Crippen LogP contribution in [0.3, 0.4) is 0 Å². The lowest BCUT2D eigenvalue weighted by Crippen LogP contribution is -2.44. The Morgan fingerprint density at radius 3 is 2.48 bits per heavy atom. The van der Waals surface area contributed by atoms with Crippen molar-refractivity contribution in [2.75, 3.05) is 11.1 Å². The van der Waals surface area contributed by atoms with Gasteiger partial charge in [0, 0.05) is 5.69 Å². The van der Waals surface area contributed by atoms with Crippen LogP contribution in [0.4, 0.5) is 10.1 Å². The number of carboxylic acid groups (broad SMARTS) is 1. The highest BCUT2D eigenvalue weighted by Crippen LogP contribution is 2.13. The van der Waals surface area contributed by atoms with Crippen LogP contribution in [0.5, 0.6) is 0 Å². The first kappa shape index (κ1) is 20.7. The molecule has 25 heavy (non-hydrogen) atoms. The molecule has 1 aromatic carbocycles. The van der Waals surface area contributed by atoms with Crippen molar-refractivity contribution in [2.45, 2.75) is 31.6 Å². The van der Waals surface area contributed by atoms with Gasteiger partial charge in [-0.3, -0.25) is 9.59 Å². The quantitative estimate of drug-likeness (QED) is 0.582. The summed E-state index contributed by atoms with van der Waals surface area (Å²) in [6.07, 6.45) is 3.56. The molecule has 2 amide bonds. The first-order valence-electron chi connectivity index (χ1n) is 7.64. The van der Waals surface area contributed by atoms with Crippen LogP contribution in [0.15, 0.2) is 36.4 Å². The molecule has 0 spiro atoms. The van der Waals surface area contributed by atoms with Crippen molar-refractivity contribution in [3.8, 4) is 0 Å². The standard InChI is InChI=1S/C17H21FN2O4S/c1-3-4-5-14(17(23)24)20-16(22)11(2)25-10-15(21)19-13-8-6-12(18)7-9-13/h3-4,6-9,11,14H,5,10H2,1-2H3,(H,19,21)(H,20,22)(H,23,24)/b4-3+. The number of carboxylic acids is 1. The molecule has 0 heterocycles. The predicted octanol–water partition coefficient (Wildman–Crippen LogP) is 2.42. The molecule has 136 valence electrons. The number of carbonyl (C=O) groups excluding carboxylic acids is 2. The number of thioether (sulfide) groups is 1. The van der Waals surface area contributed by atoms with Gasteiger partial charge >= 0.3 is 5.97 Å². The fourth-order valence-electron chi connectivity index (χ4n) is 1.79. The smallest absolute Gasteiger partial charge is 0.326 e. The van der Waals surface area contributed by atoms with Crippen LogP contribution in [0.2, 0.25) is 0 Å². The third kappa shape index (κ3) is 7.84. The van der Waals surface area contributed by atoms with Gasteiger partial charge in [0.15, 0.2) is 0 Å². The normalized spacial score (nSPS) is 13.2. The Bertz CT molecular complexity index is 634. The van der Waals surface area contributed by atoms with Crippen LogP contribution in [0.1, 0.15) is 20.3 Å². The zero-order valence-electron chi connectivity index (χ0n) is 14.0. The van der Waals surface area contributed by atoms with E-state index in [-0.39, 0.29) is 18.1 Å². The number of aliphatic carboxylic acids is 1. The topological polar surface area (TPSA) is 95.5 Å². The van der Waals surface area contributed by atoms with Crippen molar-refractivity contribution < 1.29 is 23.9 Å². The third-order valence-electron chi connectivity index (χ3n) is 3.18. The minimum absolute atomic E-state index is 0.0125. The second-order valence-corrected chi connectivity index (χ2v) is 6.54.